The van der Waals surface area contributed by atoms with Crippen LogP contribution < -0.4 is 5.73 Å². The van der Waals surface area contributed by atoms with Crippen molar-refractivity contribution in [3.63, 3.8) is 0 Å². The Labute approximate surface area is 119 Å². The zero-order chi connectivity index (χ0) is 13.4. The quantitative estimate of drug-likeness (QED) is 0.736. The molecule has 3 aromatic rings. The molecular formula is C14H13BrN4. The van der Waals surface area contributed by atoms with Gasteiger partial charge in [0.05, 0.1) is 0 Å². The Bertz CT molecular complexity index is 748. The molecule has 0 aliphatic rings. The van der Waals surface area contributed by atoms with Crippen LogP contribution in [0.15, 0.2) is 41.0 Å². The molecule has 4 nitrogen and oxygen atoms in total. The van der Waals surface area contributed by atoms with Gasteiger partial charge in [-0.1, -0.05) is 15.9 Å². The van der Waals surface area contributed by atoms with Gasteiger partial charge in [-0.3, -0.25) is 0 Å². The number of halogens is 1. The number of nitrogens with two attached hydrogens (primary N) is 1. The van der Waals surface area contributed by atoms with Gasteiger partial charge in [-0.05, 0) is 37.3 Å². The van der Waals surface area contributed by atoms with Gasteiger partial charge in [0.15, 0.2) is 5.65 Å². The summed E-state index contributed by atoms with van der Waals surface area (Å²) in [7, 11) is 0. The summed E-state index contributed by atoms with van der Waals surface area (Å²) >= 11 is 3.56. The first kappa shape index (κ1) is 12.2. The highest BCUT2D eigenvalue weighted by Gasteiger charge is 2.14. The van der Waals surface area contributed by atoms with E-state index in [0.717, 1.165) is 39.3 Å². The first-order chi connectivity index (χ1) is 9.20. The first-order valence-electron chi connectivity index (χ1n) is 6.07. The van der Waals surface area contributed by atoms with E-state index in [4.69, 9.17) is 5.73 Å². The van der Waals surface area contributed by atoms with Crippen molar-refractivity contribution >= 4 is 32.8 Å². The van der Waals surface area contributed by atoms with E-state index in [-0.39, 0.29) is 0 Å². The summed E-state index contributed by atoms with van der Waals surface area (Å²) in [6.45, 7) is 2.89. The fraction of sp³-hybridized carbons (Fsp3) is 0.143. The van der Waals surface area contributed by atoms with Gasteiger partial charge in [-0.15, -0.1) is 0 Å². The Kier molecular flexibility index (Phi) is 2.98. The van der Waals surface area contributed by atoms with Crippen LogP contribution in [0.1, 0.15) is 6.92 Å². The molecule has 1 aromatic carbocycles. The number of aromatic nitrogens is 3. The maximum atomic E-state index is 5.88. The van der Waals surface area contributed by atoms with Crippen LogP contribution in [0.25, 0.3) is 22.6 Å². The van der Waals surface area contributed by atoms with Crippen molar-refractivity contribution in [3.05, 3.63) is 41.0 Å². The van der Waals surface area contributed by atoms with Gasteiger partial charge >= 0.3 is 0 Å². The number of fused-ring (bicyclic) bond motifs is 1. The molecule has 0 aliphatic carbocycles. The smallest absolute Gasteiger partial charge is 0.160 e. The number of anilines is 1. The van der Waals surface area contributed by atoms with Gasteiger partial charge in [-0.2, -0.15) is 0 Å². The molecule has 19 heavy (non-hydrogen) atoms. The number of nitrogens with zero attached hydrogens (tertiary/aromatic N) is 3. The van der Waals surface area contributed by atoms with Crippen molar-refractivity contribution in [1.29, 1.82) is 0 Å². The topological polar surface area (TPSA) is 56.7 Å². The minimum atomic E-state index is 0.723. The minimum Gasteiger partial charge on any atom is -0.399 e. The fourth-order valence-electron chi connectivity index (χ4n) is 2.18. The van der Waals surface area contributed by atoms with Gasteiger partial charge in [0.25, 0.3) is 0 Å². The Morgan fingerprint density at radius 2 is 2.16 bits per heavy atom. The Morgan fingerprint density at radius 3 is 2.95 bits per heavy atom. The third kappa shape index (κ3) is 2.00. The van der Waals surface area contributed by atoms with E-state index >= 15 is 0 Å². The lowest BCUT2D eigenvalue weighted by atomic mass is 10.2. The van der Waals surface area contributed by atoms with Crippen LogP contribution in [0, 0.1) is 0 Å². The van der Waals surface area contributed by atoms with E-state index in [1.54, 1.807) is 6.20 Å². The second kappa shape index (κ2) is 4.66. The summed E-state index contributed by atoms with van der Waals surface area (Å²) in [6, 6.07) is 9.60. The predicted octanol–water partition coefficient (Wildman–Crippen LogP) is 3.46. The zero-order valence-corrected chi connectivity index (χ0v) is 12.1. The highest BCUT2D eigenvalue weighted by Crippen LogP contribution is 2.31. The molecule has 96 valence electrons. The molecule has 0 bridgehead atoms. The molecule has 2 aromatic heterocycles. The average Bonchev–Trinajstić information content (AvgIpc) is 2.79. The maximum Gasteiger partial charge on any atom is 0.160 e. The van der Waals surface area contributed by atoms with Crippen molar-refractivity contribution in [2.45, 2.75) is 13.5 Å². The van der Waals surface area contributed by atoms with Gasteiger partial charge in [0.2, 0.25) is 0 Å². The molecule has 0 saturated heterocycles. The summed E-state index contributed by atoms with van der Waals surface area (Å²) in [4.78, 5) is 9.07. The summed E-state index contributed by atoms with van der Waals surface area (Å²) < 4.78 is 3.07. The average molecular weight is 317 g/mol. The molecule has 5 heteroatoms. The number of hydrogen-bond donors (Lipinski definition) is 1. The van der Waals surface area contributed by atoms with E-state index in [0.29, 0.717) is 0 Å². The zero-order valence-electron chi connectivity index (χ0n) is 10.5. The first-order valence-corrected chi connectivity index (χ1v) is 6.86. The number of aryl methyl sites for hydroxylation is 1. The summed E-state index contributed by atoms with van der Waals surface area (Å²) in [5, 5.41) is 0. The predicted molar refractivity (Wildman–Crippen MR) is 80.8 cm³/mol. The molecule has 0 amide bonds. The third-order valence-corrected chi connectivity index (χ3v) is 3.74. The van der Waals surface area contributed by atoms with Gasteiger partial charge in [0.1, 0.15) is 11.3 Å². The van der Waals surface area contributed by atoms with Crippen molar-refractivity contribution in [2.75, 3.05) is 5.73 Å². The van der Waals surface area contributed by atoms with Gasteiger partial charge in [-0.25, -0.2) is 9.97 Å². The van der Waals surface area contributed by atoms with E-state index < -0.39 is 0 Å². The van der Waals surface area contributed by atoms with Crippen LogP contribution in [0.4, 0.5) is 5.69 Å². The number of imidazole rings is 1. The Morgan fingerprint density at radius 1 is 1.32 bits per heavy atom. The second-order valence-electron chi connectivity index (χ2n) is 4.27. The highest BCUT2D eigenvalue weighted by atomic mass is 79.9. The van der Waals surface area contributed by atoms with Crippen molar-refractivity contribution in [1.82, 2.24) is 14.5 Å². The number of pyridine rings is 1. The normalized spacial score (nSPS) is 11.1. The van der Waals surface area contributed by atoms with Crippen LogP contribution in [0.3, 0.4) is 0 Å². The minimum absolute atomic E-state index is 0.723. The maximum absolute atomic E-state index is 5.88. The van der Waals surface area contributed by atoms with Crippen molar-refractivity contribution < 1.29 is 0 Å². The van der Waals surface area contributed by atoms with Gasteiger partial charge in [0, 0.05) is 28.5 Å². The molecule has 2 N–H and O–H groups in total. The summed E-state index contributed by atoms with van der Waals surface area (Å²) in [6.07, 6.45) is 1.79. The van der Waals surface area contributed by atoms with Gasteiger partial charge < -0.3 is 10.3 Å². The van der Waals surface area contributed by atoms with E-state index in [1.165, 1.54) is 0 Å². The molecule has 2 heterocycles. The monoisotopic (exact) mass is 316 g/mol. The van der Waals surface area contributed by atoms with Crippen LogP contribution in [0.2, 0.25) is 0 Å². The van der Waals surface area contributed by atoms with E-state index in [9.17, 15) is 0 Å². The number of rotatable bonds is 2. The number of benzene rings is 1. The second-order valence-corrected chi connectivity index (χ2v) is 5.12. The Balaban J connectivity index is 2.33. The van der Waals surface area contributed by atoms with Crippen molar-refractivity contribution in [2.24, 2.45) is 0 Å². The standard InChI is InChI=1S/C14H13BrN4/c1-2-19-13(10-8-9(16)5-6-11(10)15)18-12-4-3-7-17-14(12)19/h3-8H,2,16H2,1H3. The molecule has 0 fully saturated rings. The molecule has 0 radical (unpaired) electrons. The summed E-state index contributed by atoms with van der Waals surface area (Å²) in [5.41, 5.74) is 9.38. The Hall–Kier alpha value is -1.88. The van der Waals surface area contributed by atoms with Crippen LogP contribution >= 0.6 is 15.9 Å². The molecule has 0 atom stereocenters. The largest absolute Gasteiger partial charge is 0.399 e. The van der Waals surface area contributed by atoms with E-state index in [2.05, 4.69) is 37.4 Å². The number of nitrogen functional groups attached to an aromatic ring is 1. The van der Waals surface area contributed by atoms with E-state index in [1.807, 2.05) is 30.3 Å². The summed E-state index contributed by atoms with van der Waals surface area (Å²) in [5.74, 6) is 0.885. The lowest BCUT2D eigenvalue weighted by Crippen LogP contribution is -1.99. The molecule has 0 aliphatic heterocycles. The van der Waals surface area contributed by atoms with Crippen LogP contribution in [-0.4, -0.2) is 14.5 Å². The van der Waals surface area contributed by atoms with Crippen molar-refractivity contribution in [3.8, 4) is 11.4 Å². The van der Waals surface area contributed by atoms with Crippen LogP contribution in [0.5, 0.6) is 0 Å². The molecule has 0 unspecified atom stereocenters. The SMILES string of the molecule is CCn1c(-c2cc(N)ccc2Br)nc2cccnc21. The lowest BCUT2D eigenvalue weighted by Gasteiger charge is -2.08. The number of hydrogen-bond acceptors (Lipinski definition) is 3. The molecule has 0 spiro atoms. The highest BCUT2D eigenvalue weighted by molar-refractivity contribution is 9.10. The molecule has 0 saturated carbocycles. The lowest BCUT2D eigenvalue weighted by molar-refractivity contribution is 0.787. The molecule has 3 rings (SSSR count). The third-order valence-electron chi connectivity index (χ3n) is 3.05. The fourth-order valence-corrected chi connectivity index (χ4v) is 2.60. The molecular weight excluding hydrogens is 304 g/mol. The van der Waals surface area contributed by atoms with Crippen LogP contribution in [-0.2, 0) is 6.54 Å².